The van der Waals surface area contributed by atoms with Crippen LogP contribution in [0.4, 0.5) is 0 Å². The van der Waals surface area contributed by atoms with Crippen LogP contribution in [0.2, 0.25) is 0 Å². The van der Waals surface area contributed by atoms with E-state index in [0.717, 1.165) is 0 Å². The summed E-state index contributed by atoms with van der Waals surface area (Å²) in [5.74, 6) is -1.63. The minimum atomic E-state index is -0.627. The smallest absolute Gasteiger partial charge is 0.230 e. The Bertz CT molecular complexity index is 667. The van der Waals surface area contributed by atoms with E-state index in [1.165, 1.54) is 13.8 Å². The van der Waals surface area contributed by atoms with E-state index in [9.17, 15) is 19.5 Å². The summed E-state index contributed by atoms with van der Waals surface area (Å²) in [4.78, 5) is 37.3. The maximum Gasteiger partial charge on any atom is 0.230 e. The number of aliphatic hydroxyl groups is 1. The number of rotatable bonds is 2. The lowest BCUT2D eigenvalue weighted by molar-refractivity contribution is -0.133. The number of hydrogen-bond donors (Lipinski definition) is 1. The zero-order chi connectivity index (χ0) is 18.3. The Morgan fingerprint density at radius 1 is 0.913 bits per heavy atom. The largest absolute Gasteiger partial charge is 0.512 e. The molecule has 0 atom stereocenters. The van der Waals surface area contributed by atoms with Gasteiger partial charge in [-0.15, -0.1) is 0 Å². The molecule has 0 unspecified atom stereocenters. The highest BCUT2D eigenvalue weighted by molar-refractivity contribution is 6.51. The van der Waals surface area contributed by atoms with Gasteiger partial charge in [0.1, 0.15) is 5.76 Å². The Labute approximate surface area is 138 Å². The lowest BCUT2D eigenvalue weighted by Gasteiger charge is -2.32. The molecule has 0 fully saturated rings. The summed E-state index contributed by atoms with van der Waals surface area (Å²) in [7, 11) is 0. The van der Waals surface area contributed by atoms with Crippen molar-refractivity contribution < 1.29 is 19.5 Å². The fourth-order valence-electron chi connectivity index (χ4n) is 2.78. The van der Waals surface area contributed by atoms with Gasteiger partial charge in [-0.05, 0) is 36.3 Å². The van der Waals surface area contributed by atoms with Crippen LogP contribution < -0.4 is 0 Å². The summed E-state index contributed by atoms with van der Waals surface area (Å²) in [5, 5.41) is 9.96. The normalized spacial score (nSPS) is 18.0. The first-order valence-electron chi connectivity index (χ1n) is 7.66. The highest BCUT2D eigenvalue weighted by Gasteiger charge is 2.40. The van der Waals surface area contributed by atoms with Crippen molar-refractivity contribution in [2.45, 2.75) is 55.4 Å². The summed E-state index contributed by atoms with van der Waals surface area (Å²) < 4.78 is 0. The molecule has 4 nitrogen and oxygen atoms in total. The molecule has 0 aromatic heterocycles. The van der Waals surface area contributed by atoms with Gasteiger partial charge in [-0.25, -0.2) is 0 Å². The number of Topliss-reactive ketones (excluding diaryl/α,β-unsaturated/α-hetero) is 3. The van der Waals surface area contributed by atoms with Crippen LogP contribution in [0.3, 0.4) is 0 Å². The van der Waals surface area contributed by atoms with Crippen molar-refractivity contribution in [3.63, 3.8) is 0 Å². The number of ketones is 3. The highest BCUT2D eigenvalue weighted by Crippen LogP contribution is 2.40. The average molecular weight is 318 g/mol. The summed E-state index contributed by atoms with van der Waals surface area (Å²) in [5.41, 5.74) is -0.0817. The van der Waals surface area contributed by atoms with E-state index in [1.54, 1.807) is 6.08 Å². The zero-order valence-electron chi connectivity index (χ0n) is 15.2. The van der Waals surface area contributed by atoms with Crippen LogP contribution >= 0.6 is 0 Å². The topological polar surface area (TPSA) is 71.4 Å². The Hall–Kier alpha value is -1.97. The lowest BCUT2D eigenvalue weighted by atomic mass is 9.69. The van der Waals surface area contributed by atoms with E-state index < -0.39 is 22.4 Å². The van der Waals surface area contributed by atoms with Gasteiger partial charge in [-0.1, -0.05) is 41.5 Å². The maximum absolute atomic E-state index is 12.7. The van der Waals surface area contributed by atoms with E-state index in [2.05, 4.69) is 0 Å². The highest BCUT2D eigenvalue weighted by atomic mass is 16.3. The van der Waals surface area contributed by atoms with Crippen LogP contribution in [0.1, 0.15) is 55.4 Å². The van der Waals surface area contributed by atoms with Gasteiger partial charge < -0.3 is 5.11 Å². The Balaban J connectivity index is 3.94. The van der Waals surface area contributed by atoms with Crippen molar-refractivity contribution in [2.75, 3.05) is 0 Å². The van der Waals surface area contributed by atoms with E-state index in [1.807, 2.05) is 41.5 Å². The fourth-order valence-corrected chi connectivity index (χ4v) is 2.78. The number of hydrogen-bond acceptors (Lipinski definition) is 4. The Kier molecular flexibility index (Phi) is 4.90. The monoisotopic (exact) mass is 318 g/mol. The molecule has 0 radical (unpaired) electrons. The fraction of sp³-hybridized carbons (Fsp3) is 0.526. The third-order valence-electron chi connectivity index (χ3n) is 3.78. The standard InChI is InChI=1S/C19H26O4/c1-10(20)14(11(2)21)12-9-13(18(3,4)5)16(22)17(23)15(12)19(6,7)8/h9,20H,1-8H3/b14-10+. The van der Waals surface area contributed by atoms with Gasteiger partial charge in [0.15, 0.2) is 5.78 Å². The van der Waals surface area contributed by atoms with Crippen LogP contribution in [0.25, 0.3) is 0 Å². The third kappa shape index (κ3) is 3.69. The van der Waals surface area contributed by atoms with E-state index in [0.29, 0.717) is 11.1 Å². The maximum atomic E-state index is 12.7. The van der Waals surface area contributed by atoms with Crippen LogP contribution in [-0.2, 0) is 14.4 Å². The summed E-state index contributed by atoms with van der Waals surface area (Å²) in [6.07, 6.45) is 1.60. The second kappa shape index (κ2) is 5.91. The van der Waals surface area contributed by atoms with Crippen molar-refractivity contribution in [2.24, 2.45) is 10.8 Å². The summed E-state index contributed by atoms with van der Waals surface area (Å²) >= 11 is 0. The second-order valence-corrected chi connectivity index (χ2v) is 8.02. The molecule has 0 saturated heterocycles. The molecule has 0 heterocycles. The van der Waals surface area contributed by atoms with Crippen molar-refractivity contribution in [1.29, 1.82) is 0 Å². The molecular weight excluding hydrogens is 292 g/mol. The molecule has 1 aliphatic rings. The van der Waals surface area contributed by atoms with Gasteiger partial charge in [0.25, 0.3) is 0 Å². The Morgan fingerprint density at radius 2 is 1.39 bits per heavy atom. The number of allylic oxidation sites excluding steroid dienone is 6. The molecule has 1 rings (SSSR count). The SMILES string of the molecule is CC(=O)/C(C1=C(C(C)(C)C)C(=O)C(=O)C(C(C)(C)C)=C1)=C(/C)O. The predicted octanol–water partition coefficient (Wildman–Crippen LogP) is 3.87. The molecular formula is C19H26O4. The first-order valence-corrected chi connectivity index (χ1v) is 7.66. The zero-order valence-corrected chi connectivity index (χ0v) is 15.2. The van der Waals surface area contributed by atoms with Gasteiger partial charge in [0.2, 0.25) is 11.6 Å². The third-order valence-corrected chi connectivity index (χ3v) is 3.78. The molecule has 1 aliphatic carbocycles. The van der Waals surface area contributed by atoms with E-state index >= 15 is 0 Å². The molecule has 4 heteroatoms. The molecule has 1 N–H and O–H groups in total. The molecule has 0 bridgehead atoms. The van der Waals surface area contributed by atoms with Crippen LogP contribution in [0.5, 0.6) is 0 Å². The van der Waals surface area contributed by atoms with Crippen LogP contribution in [-0.4, -0.2) is 22.5 Å². The van der Waals surface area contributed by atoms with E-state index in [4.69, 9.17) is 0 Å². The van der Waals surface area contributed by atoms with Crippen molar-refractivity contribution in [1.82, 2.24) is 0 Å². The average Bonchev–Trinajstić information content (AvgIpc) is 2.29. The molecule has 0 amide bonds. The quantitative estimate of drug-likeness (QED) is 0.363. The number of aliphatic hydroxyl groups excluding tert-OH is 1. The first kappa shape index (κ1) is 19.1. The van der Waals surface area contributed by atoms with Crippen LogP contribution in [0.15, 0.2) is 34.1 Å². The first-order chi connectivity index (χ1) is 10.2. The number of carbonyl (C=O) groups excluding carboxylic acids is 3. The summed E-state index contributed by atoms with van der Waals surface area (Å²) in [6, 6.07) is 0. The molecule has 0 spiro atoms. The van der Waals surface area contributed by atoms with Crippen molar-refractivity contribution >= 4 is 17.3 Å². The molecule has 0 aromatic rings. The molecule has 126 valence electrons. The van der Waals surface area contributed by atoms with Gasteiger partial charge >= 0.3 is 0 Å². The van der Waals surface area contributed by atoms with Crippen molar-refractivity contribution in [3.8, 4) is 0 Å². The van der Waals surface area contributed by atoms with Gasteiger partial charge in [0, 0.05) is 11.1 Å². The van der Waals surface area contributed by atoms with E-state index in [-0.39, 0.29) is 22.7 Å². The molecule has 0 aliphatic heterocycles. The molecule has 0 aromatic carbocycles. The van der Waals surface area contributed by atoms with Gasteiger partial charge in [-0.3, -0.25) is 14.4 Å². The predicted molar refractivity (Wildman–Crippen MR) is 90.0 cm³/mol. The van der Waals surface area contributed by atoms with Crippen molar-refractivity contribution in [3.05, 3.63) is 34.1 Å². The summed E-state index contributed by atoms with van der Waals surface area (Å²) in [6.45, 7) is 13.7. The molecule has 23 heavy (non-hydrogen) atoms. The second-order valence-electron chi connectivity index (χ2n) is 8.02. The van der Waals surface area contributed by atoms with Gasteiger partial charge in [0.05, 0.1) is 5.57 Å². The molecule has 0 saturated carbocycles. The van der Waals surface area contributed by atoms with Gasteiger partial charge in [-0.2, -0.15) is 0 Å². The Morgan fingerprint density at radius 3 is 1.70 bits per heavy atom. The minimum Gasteiger partial charge on any atom is -0.512 e. The minimum absolute atomic E-state index is 0.0949. The lowest BCUT2D eigenvalue weighted by Crippen LogP contribution is -2.35. The van der Waals surface area contributed by atoms with Crippen LogP contribution in [0, 0.1) is 10.8 Å². The number of carbonyl (C=O) groups is 3.